The van der Waals surface area contributed by atoms with E-state index in [1.807, 2.05) is 36.4 Å². The zero-order chi connectivity index (χ0) is 20.6. The van der Waals surface area contributed by atoms with Gasteiger partial charge in [-0.05, 0) is 29.7 Å². The van der Waals surface area contributed by atoms with Crippen molar-refractivity contribution in [3.05, 3.63) is 106 Å². The first-order chi connectivity index (χ1) is 14.1. The van der Waals surface area contributed by atoms with E-state index in [0.717, 1.165) is 11.1 Å². The van der Waals surface area contributed by atoms with Gasteiger partial charge in [0, 0.05) is 18.5 Å². The summed E-state index contributed by atoms with van der Waals surface area (Å²) in [5.41, 5.74) is 2.05. The van der Waals surface area contributed by atoms with Gasteiger partial charge in [-0.1, -0.05) is 60.7 Å². The Morgan fingerprint density at radius 1 is 1.00 bits per heavy atom. The summed E-state index contributed by atoms with van der Waals surface area (Å²) >= 11 is 0. The minimum atomic E-state index is -0.564. The second-order valence-corrected chi connectivity index (χ2v) is 6.56. The molecule has 0 aliphatic rings. The highest BCUT2D eigenvalue weighted by molar-refractivity contribution is 5.98. The Hall–Kier alpha value is -3.67. The van der Waals surface area contributed by atoms with Gasteiger partial charge in [0.1, 0.15) is 11.3 Å². The van der Waals surface area contributed by atoms with E-state index in [-0.39, 0.29) is 17.2 Å². The van der Waals surface area contributed by atoms with Crippen molar-refractivity contribution in [2.75, 3.05) is 13.7 Å². The molecule has 0 atom stereocenters. The number of carbonyl (C=O) groups excluding carboxylic acids is 1. The molecule has 6 heteroatoms. The Kier molecular flexibility index (Phi) is 6.58. The molecule has 3 rings (SSSR count). The van der Waals surface area contributed by atoms with E-state index < -0.39 is 10.8 Å². The minimum Gasteiger partial charge on any atom is -0.497 e. The van der Waals surface area contributed by atoms with Crippen molar-refractivity contribution in [1.82, 2.24) is 5.32 Å². The molecule has 0 fully saturated rings. The molecular formula is C23H22N2O4. The van der Waals surface area contributed by atoms with Crippen molar-refractivity contribution < 1.29 is 14.5 Å². The van der Waals surface area contributed by atoms with Crippen LogP contribution in [-0.2, 0) is 0 Å². The Morgan fingerprint density at radius 3 is 2.10 bits per heavy atom. The average Bonchev–Trinajstić information content (AvgIpc) is 2.77. The molecule has 0 aliphatic carbocycles. The molecular weight excluding hydrogens is 368 g/mol. The second-order valence-electron chi connectivity index (χ2n) is 6.56. The van der Waals surface area contributed by atoms with Gasteiger partial charge in [0.2, 0.25) is 0 Å². The highest BCUT2D eigenvalue weighted by Crippen LogP contribution is 2.28. The largest absolute Gasteiger partial charge is 0.497 e. The number of rotatable bonds is 8. The van der Waals surface area contributed by atoms with Crippen LogP contribution in [0.2, 0.25) is 0 Å². The smallest absolute Gasteiger partial charge is 0.282 e. The topological polar surface area (TPSA) is 81.5 Å². The summed E-state index contributed by atoms with van der Waals surface area (Å²) in [6.07, 6.45) is 0.664. The monoisotopic (exact) mass is 390 g/mol. The molecule has 3 aromatic carbocycles. The Balaban J connectivity index is 1.75. The number of nitro benzene ring substituents is 1. The number of benzene rings is 3. The van der Waals surface area contributed by atoms with Crippen molar-refractivity contribution in [2.24, 2.45) is 0 Å². The zero-order valence-corrected chi connectivity index (χ0v) is 16.1. The van der Waals surface area contributed by atoms with Crippen LogP contribution in [0.1, 0.15) is 33.8 Å². The lowest BCUT2D eigenvalue weighted by Crippen LogP contribution is -2.26. The van der Waals surface area contributed by atoms with E-state index in [0.29, 0.717) is 18.7 Å². The summed E-state index contributed by atoms with van der Waals surface area (Å²) in [4.78, 5) is 23.3. The number of ether oxygens (including phenoxy) is 1. The standard InChI is InChI=1S/C23H22N2O4/c1-29-19-12-13-22(25(27)28)21(16-19)23(26)24-15-14-20(17-8-4-2-5-9-17)18-10-6-3-7-11-18/h2-13,16,20H,14-15H2,1H3,(H,24,26). The maximum absolute atomic E-state index is 12.6. The number of nitrogens with zero attached hydrogens (tertiary/aromatic N) is 1. The third-order valence-corrected chi connectivity index (χ3v) is 4.77. The molecule has 0 aliphatic heterocycles. The van der Waals surface area contributed by atoms with E-state index in [1.165, 1.54) is 25.3 Å². The van der Waals surface area contributed by atoms with Gasteiger partial charge in [-0.25, -0.2) is 0 Å². The van der Waals surface area contributed by atoms with Crippen LogP contribution in [0.25, 0.3) is 0 Å². The van der Waals surface area contributed by atoms with E-state index >= 15 is 0 Å². The van der Waals surface area contributed by atoms with Gasteiger partial charge in [-0.2, -0.15) is 0 Å². The van der Waals surface area contributed by atoms with Gasteiger partial charge < -0.3 is 10.1 Å². The van der Waals surface area contributed by atoms with Crippen LogP contribution in [0.5, 0.6) is 5.75 Å². The highest BCUT2D eigenvalue weighted by atomic mass is 16.6. The van der Waals surface area contributed by atoms with Crippen LogP contribution in [0, 0.1) is 10.1 Å². The van der Waals surface area contributed by atoms with Crippen LogP contribution in [0.4, 0.5) is 5.69 Å². The molecule has 0 saturated carbocycles. The van der Waals surface area contributed by atoms with E-state index in [1.54, 1.807) is 0 Å². The van der Waals surface area contributed by atoms with Gasteiger partial charge in [-0.15, -0.1) is 0 Å². The first kappa shape index (κ1) is 20.1. The summed E-state index contributed by atoms with van der Waals surface area (Å²) in [7, 11) is 1.45. The van der Waals surface area contributed by atoms with Gasteiger partial charge >= 0.3 is 0 Å². The molecule has 1 N–H and O–H groups in total. The predicted octanol–water partition coefficient (Wildman–Crippen LogP) is 4.56. The van der Waals surface area contributed by atoms with Gasteiger partial charge in [-0.3, -0.25) is 14.9 Å². The van der Waals surface area contributed by atoms with Crippen molar-refractivity contribution in [3.63, 3.8) is 0 Å². The first-order valence-electron chi connectivity index (χ1n) is 9.30. The fraction of sp³-hybridized carbons (Fsp3) is 0.174. The van der Waals surface area contributed by atoms with Crippen molar-refractivity contribution in [1.29, 1.82) is 0 Å². The number of nitrogens with one attached hydrogen (secondary N) is 1. The van der Waals surface area contributed by atoms with E-state index in [4.69, 9.17) is 4.74 Å². The quantitative estimate of drug-likeness (QED) is 0.452. The van der Waals surface area contributed by atoms with Crippen molar-refractivity contribution >= 4 is 11.6 Å². The lowest BCUT2D eigenvalue weighted by atomic mass is 9.88. The Bertz CT molecular complexity index is 935. The van der Waals surface area contributed by atoms with Crippen LogP contribution < -0.4 is 10.1 Å². The number of methoxy groups -OCH3 is 1. The summed E-state index contributed by atoms with van der Waals surface area (Å²) in [5.74, 6) is 0.0145. The molecule has 0 aromatic heterocycles. The maximum atomic E-state index is 12.6. The molecule has 0 unspecified atom stereocenters. The van der Waals surface area contributed by atoms with E-state index in [9.17, 15) is 14.9 Å². The molecule has 29 heavy (non-hydrogen) atoms. The lowest BCUT2D eigenvalue weighted by molar-refractivity contribution is -0.385. The van der Waals surface area contributed by atoms with Gasteiger partial charge in [0.05, 0.1) is 12.0 Å². The number of nitro groups is 1. The predicted molar refractivity (Wildman–Crippen MR) is 111 cm³/mol. The maximum Gasteiger partial charge on any atom is 0.282 e. The van der Waals surface area contributed by atoms with Crippen LogP contribution in [0.3, 0.4) is 0 Å². The minimum absolute atomic E-state index is 0.00896. The zero-order valence-electron chi connectivity index (χ0n) is 16.1. The molecule has 6 nitrogen and oxygen atoms in total. The van der Waals surface area contributed by atoms with Crippen molar-refractivity contribution in [2.45, 2.75) is 12.3 Å². The molecule has 1 amide bonds. The SMILES string of the molecule is COc1ccc([N+](=O)[O-])c(C(=O)NCCC(c2ccccc2)c2ccccc2)c1. The van der Waals surface area contributed by atoms with Crippen LogP contribution in [-0.4, -0.2) is 24.5 Å². The normalized spacial score (nSPS) is 10.6. The third kappa shape index (κ3) is 4.99. The number of hydrogen-bond donors (Lipinski definition) is 1. The summed E-state index contributed by atoms with van der Waals surface area (Å²) < 4.78 is 5.10. The third-order valence-electron chi connectivity index (χ3n) is 4.77. The Morgan fingerprint density at radius 2 is 1.59 bits per heavy atom. The molecule has 3 aromatic rings. The summed E-state index contributed by atoms with van der Waals surface area (Å²) in [6, 6.07) is 24.3. The molecule has 0 bridgehead atoms. The molecule has 148 valence electrons. The molecule has 0 heterocycles. The average molecular weight is 390 g/mol. The molecule has 0 saturated heterocycles. The first-order valence-corrected chi connectivity index (χ1v) is 9.30. The lowest BCUT2D eigenvalue weighted by Gasteiger charge is -2.18. The molecule has 0 radical (unpaired) electrons. The summed E-state index contributed by atoms with van der Waals surface area (Å²) in [6.45, 7) is 0.377. The van der Waals surface area contributed by atoms with Crippen LogP contribution >= 0.6 is 0 Å². The fourth-order valence-corrected chi connectivity index (χ4v) is 3.30. The number of carbonyl (C=O) groups is 1. The fourth-order valence-electron chi connectivity index (χ4n) is 3.30. The van der Waals surface area contributed by atoms with Gasteiger partial charge in [0.15, 0.2) is 0 Å². The number of hydrogen-bond acceptors (Lipinski definition) is 4. The van der Waals surface area contributed by atoms with E-state index in [2.05, 4.69) is 29.6 Å². The Labute approximate surface area is 169 Å². The molecule has 0 spiro atoms. The van der Waals surface area contributed by atoms with Crippen LogP contribution in [0.15, 0.2) is 78.9 Å². The van der Waals surface area contributed by atoms with Gasteiger partial charge in [0.25, 0.3) is 11.6 Å². The van der Waals surface area contributed by atoms with Crippen molar-refractivity contribution in [3.8, 4) is 5.75 Å². The number of amides is 1. The highest BCUT2D eigenvalue weighted by Gasteiger charge is 2.21. The summed E-state index contributed by atoms with van der Waals surface area (Å²) in [5, 5.41) is 14.1. The second kappa shape index (κ2) is 9.50.